The predicted molar refractivity (Wildman–Crippen MR) is 104 cm³/mol. The highest BCUT2D eigenvalue weighted by atomic mass is 32.2. The second-order valence-electron chi connectivity index (χ2n) is 8.30. The Kier molecular flexibility index (Phi) is 5.53. The van der Waals surface area contributed by atoms with Crippen molar-refractivity contribution in [2.45, 2.75) is 62.7 Å². The van der Waals surface area contributed by atoms with Gasteiger partial charge in [-0.1, -0.05) is 12.8 Å². The Morgan fingerprint density at radius 2 is 1.96 bits per heavy atom. The maximum Gasteiger partial charge on any atom is 0.248 e. The number of carbonyl (C=O) groups is 4. The van der Waals surface area contributed by atoms with Gasteiger partial charge in [-0.3, -0.25) is 19.2 Å². The van der Waals surface area contributed by atoms with E-state index in [-0.39, 0.29) is 41.6 Å². The molecule has 28 heavy (non-hydrogen) atoms. The molecule has 3 aliphatic heterocycles. The topological polar surface area (TPSA) is 98.8 Å². The predicted octanol–water partition coefficient (Wildman–Crippen LogP) is -0.275. The van der Waals surface area contributed by atoms with Crippen LogP contribution in [0.1, 0.15) is 38.5 Å². The Labute approximate surface area is 169 Å². The Hall–Kier alpha value is -1.77. The van der Waals surface area contributed by atoms with Crippen LogP contribution in [0.5, 0.6) is 0 Å². The summed E-state index contributed by atoms with van der Waals surface area (Å²) in [6.07, 6.45) is 6.90. The fraction of sp³-hybridized carbons (Fsp3) is 0.789. The van der Waals surface area contributed by atoms with Crippen molar-refractivity contribution >= 4 is 35.4 Å². The number of hydrogen-bond acceptors (Lipinski definition) is 5. The monoisotopic (exact) mass is 408 g/mol. The van der Waals surface area contributed by atoms with Gasteiger partial charge in [0.1, 0.15) is 12.1 Å². The van der Waals surface area contributed by atoms with Crippen molar-refractivity contribution < 1.29 is 19.2 Å². The van der Waals surface area contributed by atoms with Gasteiger partial charge in [0.05, 0.1) is 11.8 Å². The van der Waals surface area contributed by atoms with Crippen LogP contribution in [-0.4, -0.2) is 82.7 Å². The van der Waals surface area contributed by atoms with Crippen molar-refractivity contribution in [2.75, 3.05) is 25.1 Å². The first kappa shape index (κ1) is 19.5. The third kappa shape index (κ3) is 3.49. The van der Waals surface area contributed by atoms with Gasteiger partial charge in [-0.15, -0.1) is 0 Å². The zero-order valence-corrected chi connectivity index (χ0v) is 17.0. The van der Waals surface area contributed by atoms with Gasteiger partial charge in [-0.2, -0.15) is 11.8 Å². The smallest absolute Gasteiger partial charge is 0.248 e. The third-order valence-electron chi connectivity index (χ3n) is 6.53. The number of nitrogens with one attached hydrogen (secondary N) is 2. The molecule has 9 heteroatoms. The van der Waals surface area contributed by atoms with Crippen LogP contribution >= 0.6 is 11.8 Å². The Balaban J connectivity index is 1.47. The number of likely N-dealkylation sites (tertiary alicyclic amines) is 1. The summed E-state index contributed by atoms with van der Waals surface area (Å²) < 4.78 is 0. The second kappa shape index (κ2) is 7.93. The number of nitrogens with zero attached hydrogens (tertiary/aromatic N) is 2. The largest absolute Gasteiger partial charge is 0.351 e. The van der Waals surface area contributed by atoms with Crippen LogP contribution in [0.3, 0.4) is 0 Å². The van der Waals surface area contributed by atoms with Gasteiger partial charge in [0.25, 0.3) is 0 Å². The van der Waals surface area contributed by atoms with Gasteiger partial charge in [0.2, 0.25) is 23.6 Å². The highest BCUT2D eigenvalue weighted by Gasteiger charge is 2.52. The maximum absolute atomic E-state index is 13.3. The first-order valence-electron chi connectivity index (χ1n) is 10.2. The lowest BCUT2D eigenvalue weighted by atomic mass is 10.1. The van der Waals surface area contributed by atoms with Crippen molar-refractivity contribution in [3.63, 3.8) is 0 Å². The highest BCUT2D eigenvalue weighted by molar-refractivity contribution is 7.99. The van der Waals surface area contributed by atoms with Gasteiger partial charge in [-0.05, 0) is 31.9 Å². The number of rotatable bonds is 4. The van der Waals surface area contributed by atoms with E-state index in [1.54, 1.807) is 9.80 Å². The average Bonchev–Trinajstić information content (AvgIpc) is 3.39. The molecule has 1 saturated carbocycles. The molecule has 4 amide bonds. The number of carbonyl (C=O) groups excluding carboxylic acids is 4. The summed E-state index contributed by atoms with van der Waals surface area (Å²) in [5, 5.41) is 6.04. The number of fused-ring (bicyclic) bond motifs is 2. The SMILES string of the molecule is CSCC(=O)N1CCC2NC(=O)C3CC(NC(=O)C4CCCC4)CN3C(=O)C21. The van der Waals surface area contributed by atoms with Crippen molar-refractivity contribution in [2.24, 2.45) is 5.92 Å². The summed E-state index contributed by atoms with van der Waals surface area (Å²) in [4.78, 5) is 54.2. The van der Waals surface area contributed by atoms with E-state index in [1.807, 2.05) is 6.26 Å². The maximum atomic E-state index is 13.3. The normalized spacial score (nSPS) is 32.8. The van der Waals surface area contributed by atoms with Crippen molar-refractivity contribution in [1.82, 2.24) is 20.4 Å². The van der Waals surface area contributed by atoms with Crippen LogP contribution < -0.4 is 10.6 Å². The van der Waals surface area contributed by atoms with Crippen LogP contribution in [0.15, 0.2) is 0 Å². The number of amides is 4. The Bertz CT molecular complexity index is 681. The lowest BCUT2D eigenvalue weighted by Crippen LogP contribution is -2.53. The summed E-state index contributed by atoms with van der Waals surface area (Å²) >= 11 is 1.43. The molecular formula is C19H28N4O4S. The molecule has 154 valence electrons. The molecule has 3 heterocycles. The minimum atomic E-state index is -0.627. The summed E-state index contributed by atoms with van der Waals surface area (Å²) in [7, 11) is 0. The molecule has 0 radical (unpaired) electrons. The van der Waals surface area contributed by atoms with E-state index in [9.17, 15) is 19.2 Å². The minimum absolute atomic E-state index is 0.0449. The standard InChI is InChI=1S/C19H28N4O4S/c1-28-10-15(24)22-7-6-13-16(22)19(27)23-9-12(8-14(23)18(26)21-13)20-17(25)11-4-2-3-5-11/h11-14,16H,2-10H2,1H3,(H,20,25)(H,21,26). The molecule has 0 aromatic carbocycles. The molecule has 4 fully saturated rings. The fourth-order valence-electron chi connectivity index (χ4n) is 5.12. The molecule has 8 nitrogen and oxygen atoms in total. The van der Waals surface area contributed by atoms with Crippen LogP contribution in [0.25, 0.3) is 0 Å². The molecule has 4 unspecified atom stereocenters. The van der Waals surface area contributed by atoms with Crippen molar-refractivity contribution in [3.8, 4) is 0 Å². The molecule has 0 bridgehead atoms. The molecule has 4 atom stereocenters. The van der Waals surface area contributed by atoms with E-state index in [0.717, 1.165) is 25.7 Å². The minimum Gasteiger partial charge on any atom is -0.351 e. The molecule has 0 spiro atoms. The molecule has 2 N–H and O–H groups in total. The van der Waals surface area contributed by atoms with Gasteiger partial charge in [-0.25, -0.2) is 0 Å². The lowest BCUT2D eigenvalue weighted by molar-refractivity contribution is -0.143. The van der Waals surface area contributed by atoms with Crippen LogP contribution in [0, 0.1) is 5.92 Å². The molecule has 3 saturated heterocycles. The van der Waals surface area contributed by atoms with E-state index >= 15 is 0 Å². The summed E-state index contributed by atoms with van der Waals surface area (Å²) in [6.45, 7) is 0.824. The van der Waals surface area contributed by atoms with Crippen LogP contribution in [0.2, 0.25) is 0 Å². The first-order chi connectivity index (χ1) is 13.5. The van der Waals surface area contributed by atoms with Gasteiger partial charge < -0.3 is 20.4 Å². The lowest BCUT2D eigenvalue weighted by Gasteiger charge is -2.29. The molecule has 4 aliphatic rings. The van der Waals surface area contributed by atoms with Crippen LogP contribution in [-0.2, 0) is 19.2 Å². The van der Waals surface area contributed by atoms with E-state index in [4.69, 9.17) is 0 Å². The molecule has 4 rings (SSSR count). The van der Waals surface area contributed by atoms with Crippen LogP contribution in [0.4, 0.5) is 0 Å². The van der Waals surface area contributed by atoms with E-state index in [0.29, 0.717) is 31.7 Å². The van der Waals surface area contributed by atoms with Crippen molar-refractivity contribution in [1.29, 1.82) is 0 Å². The van der Waals surface area contributed by atoms with Gasteiger partial charge >= 0.3 is 0 Å². The molecule has 0 aromatic heterocycles. The first-order valence-corrected chi connectivity index (χ1v) is 11.6. The highest BCUT2D eigenvalue weighted by Crippen LogP contribution is 2.30. The molecular weight excluding hydrogens is 380 g/mol. The number of hydrogen-bond donors (Lipinski definition) is 2. The van der Waals surface area contributed by atoms with Gasteiger partial charge in [0, 0.05) is 25.0 Å². The third-order valence-corrected chi connectivity index (χ3v) is 7.06. The quantitative estimate of drug-likeness (QED) is 0.667. The molecule has 0 aromatic rings. The summed E-state index contributed by atoms with van der Waals surface area (Å²) in [5.41, 5.74) is 0. The average molecular weight is 409 g/mol. The fourth-order valence-corrected chi connectivity index (χ4v) is 5.54. The number of thioether (sulfide) groups is 1. The second-order valence-corrected chi connectivity index (χ2v) is 9.16. The van der Waals surface area contributed by atoms with E-state index in [1.165, 1.54) is 11.8 Å². The summed E-state index contributed by atoms with van der Waals surface area (Å²) in [6, 6.07) is -1.72. The summed E-state index contributed by atoms with van der Waals surface area (Å²) in [5.74, 6) is 0.0303. The van der Waals surface area contributed by atoms with Crippen molar-refractivity contribution in [3.05, 3.63) is 0 Å². The van der Waals surface area contributed by atoms with E-state index < -0.39 is 12.1 Å². The molecule has 1 aliphatic carbocycles. The Morgan fingerprint density at radius 1 is 1.21 bits per heavy atom. The van der Waals surface area contributed by atoms with E-state index in [2.05, 4.69) is 10.6 Å². The Morgan fingerprint density at radius 3 is 2.68 bits per heavy atom. The van der Waals surface area contributed by atoms with Gasteiger partial charge in [0.15, 0.2) is 0 Å². The zero-order chi connectivity index (χ0) is 19.8. The zero-order valence-electron chi connectivity index (χ0n) is 16.2.